The monoisotopic (exact) mass is 234 g/mol. The molecule has 0 aromatic heterocycles. The van der Waals surface area contributed by atoms with Crippen LogP contribution in [-0.2, 0) is 6.54 Å². The van der Waals surface area contributed by atoms with E-state index in [-0.39, 0.29) is 10.6 Å². The first-order valence-corrected chi connectivity index (χ1v) is 6.13. The molecule has 17 heavy (non-hydrogen) atoms. The molecule has 0 spiro atoms. The van der Waals surface area contributed by atoms with Gasteiger partial charge in [0.1, 0.15) is 0 Å². The molecule has 1 N–H and O–H groups in total. The topological polar surface area (TPSA) is 55.2 Å². The van der Waals surface area contributed by atoms with E-state index in [1.165, 1.54) is 25.3 Å². The fourth-order valence-electron chi connectivity index (χ4n) is 2.17. The first kappa shape index (κ1) is 12.0. The number of nitrogens with zero attached hydrogens (tertiary/aromatic N) is 1. The zero-order valence-corrected chi connectivity index (χ0v) is 10.1. The molecular weight excluding hydrogens is 216 g/mol. The van der Waals surface area contributed by atoms with Crippen molar-refractivity contribution < 1.29 is 4.92 Å². The fraction of sp³-hybridized carbons (Fsp3) is 0.538. The van der Waals surface area contributed by atoms with Crippen molar-refractivity contribution in [2.75, 3.05) is 0 Å². The maximum Gasteiger partial charge on any atom is 0.269 e. The molecule has 2 rings (SSSR count). The van der Waals surface area contributed by atoms with Crippen molar-refractivity contribution >= 4 is 5.69 Å². The van der Waals surface area contributed by atoms with Gasteiger partial charge >= 0.3 is 0 Å². The highest BCUT2D eigenvalue weighted by molar-refractivity contribution is 5.34. The number of nitro groups is 1. The van der Waals surface area contributed by atoms with Gasteiger partial charge in [-0.05, 0) is 31.2 Å². The molecule has 1 saturated carbocycles. The van der Waals surface area contributed by atoms with Crippen LogP contribution < -0.4 is 5.32 Å². The third kappa shape index (κ3) is 3.03. The Bertz CT molecular complexity index is 402. The maximum atomic E-state index is 10.6. The molecule has 0 heterocycles. The normalized spacial score (nSPS) is 17.5. The highest BCUT2D eigenvalue weighted by Crippen LogP contribution is 2.29. The van der Waals surface area contributed by atoms with Crippen molar-refractivity contribution in [2.45, 2.75) is 38.8 Å². The lowest BCUT2D eigenvalue weighted by atomic mass is 9.80. The van der Waals surface area contributed by atoms with Gasteiger partial charge < -0.3 is 5.32 Å². The zero-order valence-electron chi connectivity index (χ0n) is 10.1. The van der Waals surface area contributed by atoms with Crippen LogP contribution in [0.25, 0.3) is 0 Å². The van der Waals surface area contributed by atoms with Crippen LogP contribution in [0.3, 0.4) is 0 Å². The van der Waals surface area contributed by atoms with Crippen LogP contribution in [0.4, 0.5) is 5.69 Å². The van der Waals surface area contributed by atoms with E-state index in [1.54, 1.807) is 12.1 Å². The van der Waals surface area contributed by atoms with Crippen LogP contribution in [0, 0.1) is 16.0 Å². The average Bonchev–Trinajstić information content (AvgIpc) is 2.24. The molecule has 0 saturated heterocycles. The third-order valence-corrected chi connectivity index (χ3v) is 3.61. The summed E-state index contributed by atoms with van der Waals surface area (Å²) in [4.78, 5) is 10.3. The number of nitrogens with one attached hydrogen (secondary N) is 1. The lowest BCUT2D eigenvalue weighted by Gasteiger charge is -2.32. The number of hydrogen-bond acceptors (Lipinski definition) is 3. The number of rotatable bonds is 5. The van der Waals surface area contributed by atoms with Crippen molar-refractivity contribution in [2.24, 2.45) is 5.92 Å². The average molecular weight is 234 g/mol. The molecule has 1 aromatic rings. The van der Waals surface area contributed by atoms with Gasteiger partial charge in [0.15, 0.2) is 0 Å². The molecule has 1 aliphatic carbocycles. The third-order valence-electron chi connectivity index (χ3n) is 3.61. The summed E-state index contributed by atoms with van der Waals surface area (Å²) >= 11 is 0. The standard InChI is InChI=1S/C13H18N2O2/c1-10(12-5-3-6-12)14-9-11-4-2-7-13(8-11)15(16)17/h2,4,7-8,10,12,14H,3,5-6,9H2,1H3. The van der Waals surface area contributed by atoms with Gasteiger partial charge in [0.05, 0.1) is 4.92 Å². The lowest BCUT2D eigenvalue weighted by Crippen LogP contribution is -2.36. The summed E-state index contributed by atoms with van der Waals surface area (Å²) < 4.78 is 0. The number of hydrogen-bond donors (Lipinski definition) is 1. The molecule has 1 fully saturated rings. The van der Waals surface area contributed by atoms with E-state index >= 15 is 0 Å². The van der Waals surface area contributed by atoms with Crippen LogP contribution in [0.15, 0.2) is 24.3 Å². The molecule has 1 unspecified atom stereocenters. The summed E-state index contributed by atoms with van der Waals surface area (Å²) in [5, 5.41) is 14.1. The second kappa shape index (κ2) is 5.27. The molecule has 0 radical (unpaired) electrons. The molecule has 0 bridgehead atoms. The van der Waals surface area contributed by atoms with Crippen LogP contribution in [0.1, 0.15) is 31.7 Å². The number of nitro benzene ring substituents is 1. The molecule has 1 aromatic carbocycles. The molecular formula is C13H18N2O2. The zero-order chi connectivity index (χ0) is 12.3. The van der Waals surface area contributed by atoms with Crippen molar-refractivity contribution in [1.82, 2.24) is 5.32 Å². The van der Waals surface area contributed by atoms with Crippen molar-refractivity contribution in [3.63, 3.8) is 0 Å². The largest absolute Gasteiger partial charge is 0.310 e. The summed E-state index contributed by atoms with van der Waals surface area (Å²) in [6, 6.07) is 7.33. The van der Waals surface area contributed by atoms with Crippen LogP contribution >= 0.6 is 0 Å². The predicted octanol–water partition coefficient (Wildman–Crippen LogP) is 2.87. The van der Waals surface area contributed by atoms with E-state index in [9.17, 15) is 10.1 Å². The van der Waals surface area contributed by atoms with Crippen molar-refractivity contribution in [3.8, 4) is 0 Å². The minimum atomic E-state index is -0.348. The van der Waals surface area contributed by atoms with Gasteiger partial charge in [-0.1, -0.05) is 18.6 Å². The van der Waals surface area contributed by atoms with Gasteiger partial charge in [-0.2, -0.15) is 0 Å². The Morgan fingerprint density at radius 1 is 1.53 bits per heavy atom. The predicted molar refractivity (Wildman–Crippen MR) is 66.7 cm³/mol. The van der Waals surface area contributed by atoms with Gasteiger partial charge in [-0.3, -0.25) is 10.1 Å². The van der Waals surface area contributed by atoms with Crippen molar-refractivity contribution in [1.29, 1.82) is 0 Å². The van der Waals surface area contributed by atoms with E-state index in [0.717, 1.165) is 11.5 Å². The van der Waals surface area contributed by atoms with E-state index in [0.29, 0.717) is 12.6 Å². The highest BCUT2D eigenvalue weighted by atomic mass is 16.6. The molecule has 4 nitrogen and oxygen atoms in total. The van der Waals surface area contributed by atoms with E-state index in [4.69, 9.17) is 0 Å². The smallest absolute Gasteiger partial charge is 0.269 e. The van der Waals surface area contributed by atoms with Crippen molar-refractivity contribution in [3.05, 3.63) is 39.9 Å². The lowest BCUT2D eigenvalue weighted by molar-refractivity contribution is -0.384. The summed E-state index contributed by atoms with van der Waals surface area (Å²) in [6.07, 6.45) is 3.96. The summed E-state index contributed by atoms with van der Waals surface area (Å²) in [5.41, 5.74) is 1.14. The quantitative estimate of drug-likeness (QED) is 0.629. The Morgan fingerprint density at radius 2 is 2.29 bits per heavy atom. The van der Waals surface area contributed by atoms with Gasteiger partial charge in [0.2, 0.25) is 0 Å². The molecule has 0 amide bonds. The minimum Gasteiger partial charge on any atom is -0.310 e. The highest BCUT2D eigenvalue weighted by Gasteiger charge is 2.23. The number of benzene rings is 1. The summed E-state index contributed by atoms with van der Waals surface area (Å²) in [7, 11) is 0. The van der Waals surface area contributed by atoms with E-state index in [2.05, 4.69) is 12.2 Å². The van der Waals surface area contributed by atoms with Gasteiger partial charge in [0, 0.05) is 24.7 Å². The summed E-state index contributed by atoms with van der Waals surface area (Å²) in [5.74, 6) is 0.786. The van der Waals surface area contributed by atoms with E-state index in [1.807, 2.05) is 6.07 Å². The second-order valence-electron chi connectivity index (χ2n) is 4.79. The Labute approximate surface area is 101 Å². The number of non-ortho nitro benzene ring substituents is 1. The van der Waals surface area contributed by atoms with Gasteiger partial charge in [0.25, 0.3) is 5.69 Å². The van der Waals surface area contributed by atoms with Crippen LogP contribution in [-0.4, -0.2) is 11.0 Å². The molecule has 0 aliphatic heterocycles. The molecule has 1 atom stereocenters. The first-order chi connectivity index (χ1) is 8.16. The SMILES string of the molecule is CC(NCc1cccc([N+](=O)[O-])c1)C1CCC1. The molecule has 92 valence electrons. The van der Waals surface area contributed by atoms with Crippen LogP contribution in [0.5, 0.6) is 0 Å². The van der Waals surface area contributed by atoms with Gasteiger partial charge in [-0.25, -0.2) is 0 Å². The Morgan fingerprint density at radius 3 is 2.88 bits per heavy atom. The summed E-state index contributed by atoms with van der Waals surface area (Å²) in [6.45, 7) is 2.90. The maximum absolute atomic E-state index is 10.6. The second-order valence-corrected chi connectivity index (χ2v) is 4.79. The van der Waals surface area contributed by atoms with E-state index < -0.39 is 0 Å². The van der Waals surface area contributed by atoms with Crippen LogP contribution in [0.2, 0.25) is 0 Å². The minimum absolute atomic E-state index is 0.167. The Kier molecular flexibility index (Phi) is 3.74. The van der Waals surface area contributed by atoms with Gasteiger partial charge in [-0.15, -0.1) is 0 Å². The first-order valence-electron chi connectivity index (χ1n) is 6.13. The fourth-order valence-corrected chi connectivity index (χ4v) is 2.17. The Balaban J connectivity index is 1.89. The molecule has 4 heteroatoms. The molecule has 1 aliphatic rings. The Hall–Kier alpha value is -1.42.